The highest BCUT2D eigenvalue weighted by Gasteiger charge is 2.07. The molecule has 16 heavy (non-hydrogen) atoms. The van der Waals surface area contributed by atoms with Gasteiger partial charge in [-0.15, -0.1) is 0 Å². The van der Waals surface area contributed by atoms with E-state index in [9.17, 15) is 4.79 Å². The zero-order valence-electron chi connectivity index (χ0n) is 9.14. The van der Waals surface area contributed by atoms with Crippen LogP contribution in [0.25, 0.3) is 6.08 Å². The molecule has 0 atom stereocenters. The van der Waals surface area contributed by atoms with Gasteiger partial charge in [0.25, 0.3) is 0 Å². The number of benzene rings is 1. The van der Waals surface area contributed by atoms with Crippen LogP contribution in [-0.4, -0.2) is 24.7 Å². The van der Waals surface area contributed by atoms with Crippen molar-refractivity contribution in [3.8, 4) is 5.75 Å². The molecule has 0 bridgehead atoms. The van der Waals surface area contributed by atoms with Crippen molar-refractivity contribution < 1.29 is 14.6 Å². The third-order valence-corrected chi connectivity index (χ3v) is 2.12. The number of carbonyl (C=O) groups is 1. The number of aliphatic hydroxyl groups is 1. The van der Waals surface area contributed by atoms with Gasteiger partial charge in [-0.25, -0.2) is 0 Å². The Labute approximate surface area is 94.3 Å². The monoisotopic (exact) mass is 221 g/mol. The fourth-order valence-corrected chi connectivity index (χ4v) is 1.31. The van der Waals surface area contributed by atoms with Crippen molar-refractivity contribution in [3.05, 3.63) is 35.4 Å². The van der Waals surface area contributed by atoms with Gasteiger partial charge in [-0.2, -0.15) is 0 Å². The Morgan fingerprint density at radius 2 is 2.31 bits per heavy atom. The third kappa shape index (κ3) is 3.10. The van der Waals surface area contributed by atoms with Gasteiger partial charge in [0.1, 0.15) is 5.75 Å². The number of carbonyl (C=O) groups excluding carboxylic acids is 1. The highest BCUT2D eigenvalue weighted by Crippen LogP contribution is 2.18. The summed E-state index contributed by atoms with van der Waals surface area (Å²) >= 11 is 0. The molecule has 1 amide bonds. The summed E-state index contributed by atoms with van der Waals surface area (Å²) in [6.45, 7) is 0.0819. The van der Waals surface area contributed by atoms with Crippen LogP contribution in [0.4, 0.5) is 0 Å². The average molecular weight is 221 g/mol. The van der Waals surface area contributed by atoms with Crippen LogP contribution in [0.5, 0.6) is 5.75 Å². The second-order valence-electron chi connectivity index (χ2n) is 3.23. The minimum absolute atomic E-state index is 0.0819. The number of nitrogens with two attached hydrogens (primary N) is 1. The van der Waals surface area contributed by atoms with Gasteiger partial charge in [-0.1, -0.05) is 18.2 Å². The Morgan fingerprint density at radius 3 is 2.88 bits per heavy atom. The van der Waals surface area contributed by atoms with Crippen molar-refractivity contribution in [2.75, 3.05) is 13.7 Å². The Hall–Kier alpha value is -1.81. The SMILES string of the molecule is COc1ccc(C=CCCO)c(C(N)=O)c1. The molecule has 0 unspecified atom stereocenters. The maximum atomic E-state index is 11.2. The number of rotatable bonds is 5. The summed E-state index contributed by atoms with van der Waals surface area (Å²) < 4.78 is 5.01. The van der Waals surface area contributed by atoms with Crippen LogP contribution in [0.15, 0.2) is 24.3 Å². The van der Waals surface area contributed by atoms with Crippen molar-refractivity contribution in [3.63, 3.8) is 0 Å². The topological polar surface area (TPSA) is 72.6 Å². The first-order valence-corrected chi connectivity index (χ1v) is 4.94. The molecule has 0 saturated heterocycles. The summed E-state index contributed by atoms with van der Waals surface area (Å²) in [5.74, 6) is 0.0932. The van der Waals surface area contributed by atoms with Crippen molar-refractivity contribution in [1.82, 2.24) is 0 Å². The summed E-state index contributed by atoms with van der Waals surface area (Å²) in [5.41, 5.74) is 6.40. The lowest BCUT2D eigenvalue weighted by Crippen LogP contribution is -2.12. The quantitative estimate of drug-likeness (QED) is 0.784. The summed E-state index contributed by atoms with van der Waals surface area (Å²) in [5, 5.41) is 8.64. The highest BCUT2D eigenvalue weighted by molar-refractivity contribution is 5.97. The smallest absolute Gasteiger partial charge is 0.249 e. The molecule has 0 saturated carbocycles. The van der Waals surface area contributed by atoms with Crippen LogP contribution < -0.4 is 10.5 Å². The molecule has 0 aliphatic rings. The van der Waals surface area contributed by atoms with E-state index in [-0.39, 0.29) is 6.61 Å². The van der Waals surface area contributed by atoms with E-state index in [1.807, 2.05) is 0 Å². The molecular weight excluding hydrogens is 206 g/mol. The number of ether oxygens (including phenoxy) is 1. The highest BCUT2D eigenvalue weighted by atomic mass is 16.5. The van der Waals surface area contributed by atoms with Gasteiger partial charge in [0, 0.05) is 12.2 Å². The van der Waals surface area contributed by atoms with Crippen LogP contribution in [0.1, 0.15) is 22.3 Å². The summed E-state index contributed by atoms with van der Waals surface area (Å²) in [6, 6.07) is 5.11. The molecule has 1 aromatic rings. The molecule has 0 heterocycles. The number of hydrogen-bond acceptors (Lipinski definition) is 3. The average Bonchev–Trinajstić information content (AvgIpc) is 2.29. The van der Waals surface area contributed by atoms with Crippen molar-refractivity contribution in [2.24, 2.45) is 5.73 Å². The van der Waals surface area contributed by atoms with Gasteiger partial charge in [-0.05, 0) is 24.1 Å². The predicted molar refractivity (Wildman–Crippen MR) is 62.2 cm³/mol. The van der Waals surface area contributed by atoms with Crippen LogP contribution >= 0.6 is 0 Å². The Kier molecular flexibility index (Phi) is 4.54. The second kappa shape index (κ2) is 5.92. The lowest BCUT2D eigenvalue weighted by Gasteiger charge is -2.05. The lowest BCUT2D eigenvalue weighted by atomic mass is 10.1. The van der Waals surface area contributed by atoms with Crippen molar-refractivity contribution >= 4 is 12.0 Å². The zero-order valence-corrected chi connectivity index (χ0v) is 9.14. The number of hydrogen-bond donors (Lipinski definition) is 2. The molecule has 1 rings (SSSR count). The number of primary amides is 1. The summed E-state index contributed by atoms with van der Waals surface area (Å²) in [4.78, 5) is 11.2. The summed E-state index contributed by atoms with van der Waals surface area (Å²) in [7, 11) is 1.53. The molecule has 86 valence electrons. The number of methoxy groups -OCH3 is 1. The van der Waals surface area contributed by atoms with Crippen molar-refractivity contribution in [2.45, 2.75) is 6.42 Å². The molecule has 0 aromatic heterocycles. The molecule has 0 fully saturated rings. The van der Waals surface area contributed by atoms with Crippen LogP contribution in [0, 0.1) is 0 Å². The normalized spacial score (nSPS) is 10.6. The standard InChI is InChI=1S/C12H15NO3/c1-16-10-6-5-9(4-2-3-7-14)11(8-10)12(13)15/h2,4-6,8,14H,3,7H2,1H3,(H2,13,15). The maximum Gasteiger partial charge on any atom is 0.249 e. The largest absolute Gasteiger partial charge is 0.497 e. The summed E-state index contributed by atoms with van der Waals surface area (Å²) in [6.07, 6.45) is 4.09. The van der Waals surface area contributed by atoms with Gasteiger partial charge in [-0.3, -0.25) is 4.79 Å². The fourth-order valence-electron chi connectivity index (χ4n) is 1.31. The number of aliphatic hydroxyl groups excluding tert-OH is 1. The van der Waals surface area contributed by atoms with Gasteiger partial charge in [0.05, 0.1) is 7.11 Å². The first-order valence-electron chi connectivity index (χ1n) is 4.94. The van der Waals surface area contributed by atoms with E-state index in [2.05, 4.69) is 0 Å². The van der Waals surface area contributed by atoms with Gasteiger partial charge in [0.15, 0.2) is 0 Å². The Bertz CT molecular complexity index is 399. The van der Waals surface area contributed by atoms with E-state index in [1.54, 1.807) is 30.4 Å². The van der Waals surface area contributed by atoms with E-state index in [4.69, 9.17) is 15.6 Å². The maximum absolute atomic E-state index is 11.2. The molecule has 0 spiro atoms. The van der Waals surface area contributed by atoms with Crippen LogP contribution in [0.3, 0.4) is 0 Å². The van der Waals surface area contributed by atoms with E-state index in [0.717, 1.165) is 5.56 Å². The number of amides is 1. The van der Waals surface area contributed by atoms with Crippen LogP contribution in [-0.2, 0) is 0 Å². The molecule has 1 aromatic carbocycles. The van der Waals surface area contributed by atoms with Crippen LogP contribution in [0.2, 0.25) is 0 Å². The molecule has 4 heteroatoms. The van der Waals surface area contributed by atoms with Gasteiger partial charge >= 0.3 is 0 Å². The zero-order chi connectivity index (χ0) is 12.0. The molecule has 3 N–H and O–H groups in total. The fraction of sp³-hybridized carbons (Fsp3) is 0.250. The molecule has 4 nitrogen and oxygen atoms in total. The Morgan fingerprint density at radius 1 is 1.56 bits per heavy atom. The van der Waals surface area contributed by atoms with Gasteiger partial charge in [0.2, 0.25) is 5.91 Å². The van der Waals surface area contributed by atoms with E-state index in [1.165, 1.54) is 7.11 Å². The first kappa shape index (κ1) is 12.3. The minimum Gasteiger partial charge on any atom is -0.497 e. The minimum atomic E-state index is -0.498. The van der Waals surface area contributed by atoms with E-state index >= 15 is 0 Å². The third-order valence-electron chi connectivity index (χ3n) is 2.12. The second-order valence-corrected chi connectivity index (χ2v) is 3.23. The van der Waals surface area contributed by atoms with E-state index in [0.29, 0.717) is 17.7 Å². The Balaban J connectivity index is 3.03. The van der Waals surface area contributed by atoms with Crippen molar-refractivity contribution in [1.29, 1.82) is 0 Å². The van der Waals surface area contributed by atoms with Gasteiger partial charge < -0.3 is 15.6 Å². The molecule has 0 aliphatic heterocycles. The molecule has 0 radical (unpaired) electrons. The lowest BCUT2D eigenvalue weighted by molar-refractivity contribution is 0.1000. The first-order chi connectivity index (χ1) is 7.69. The van der Waals surface area contributed by atoms with E-state index < -0.39 is 5.91 Å². The predicted octanol–water partition coefficient (Wildman–Crippen LogP) is 1.19. The molecular formula is C12H15NO3. The molecule has 0 aliphatic carbocycles.